The van der Waals surface area contributed by atoms with E-state index in [0.29, 0.717) is 10.8 Å². The van der Waals surface area contributed by atoms with Crippen molar-refractivity contribution < 1.29 is 9.90 Å². The molecule has 6 heteroatoms. The Morgan fingerprint density at radius 1 is 1.65 bits per heavy atom. The van der Waals surface area contributed by atoms with Crippen LogP contribution in [0.2, 0.25) is 5.02 Å². The Bertz CT molecular complexity index is 382. The number of pyridine rings is 1. The zero-order chi connectivity index (χ0) is 12.9. The van der Waals surface area contributed by atoms with Crippen LogP contribution in [0.25, 0.3) is 0 Å². The van der Waals surface area contributed by atoms with Crippen LogP contribution in [0.5, 0.6) is 0 Å². The lowest BCUT2D eigenvalue weighted by Crippen LogP contribution is -2.42. The molecule has 1 atom stereocenters. The molecular weight excluding hydrogens is 260 g/mol. The summed E-state index contributed by atoms with van der Waals surface area (Å²) >= 11 is 7.19. The number of aromatic nitrogens is 1. The van der Waals surface area contributed by atoms with Gasteiger partial charge in [-0.1, -0.05) is 11.6 Å². The number of amides is 1. The highest BCUT2D eigenvalue weighted by Crippen LogP contribution is 2.10. The van der Waals surface area contributed by atoms with E-state index in [1.165, 1.54) is 18.0 Å². The van der Waals surface area contributed by atoms with E-state index >= 15 is 0 Å². The molecular formula is C11H15ClN2O2S. The normalized spacial score (nSPS) is 14.1. The van der Waals surface area contributed by atoms with Crippen molar-refractivity contribution in [3.05, 3.63) is 29.0 Å². The van der Waals surface area contributed by atoms with Crippen molar-refractivity contribution in [2.75, 3.05) is 18.6 Å². The highest BCUT2D eigenvalue weighted by Gasteiger charge is 2.20. The van der Waals surface area contributed by atoms with Crippen molar-refractivity contribution in [3.8, 4) is 0 Å². The number of nitrogens with one attached hydrogen (secondary N) is 1. The second-order valence-corrected chi connectivity index (χ2v) is 5.28. The molecule has 1 aromatic heterocycles. The van der Waals surface area contributed by atoms with Gasteiger partial charge in [0.1, 0.15) is 5.69 Å². The maximum Gasteiger partial charge on any atom is 0.269 e. The minimum Gasteiger partial charge on any atom is -0.387 e. The Kier molecular flexibility index (Phi) is 5.24. The van der Waals surface area contributed by atoms with Crippen molar-refractivity contribution in [2.45, 2.75) is 12.5 Å². The second kappa shape index (κ2) is 6.23. The van der Waals surface area contributed by atoms with E-state index in [-0.39, 0.29) is 18.1 Å². The quantitative estimate of drug-likeness (QED) is 0.856. The highest BCUT2D eigenvalue weighted by atomic mass is 35.5. The highest BCUT2D eigenvalue weighted by molar-refractivity contribution is 7.98. The van der Waals surface area contributed by atoms with E-state index < -0.39 is 5.60 Å². The molecule has 1 heterocycles. The number of hydrogen-bond donors (Lipinski definition) is 2. The molecule has 94 valence electrons. The summed E-state index contributed by atoms with van der Waals surface area (Å²) in [5.74, 6) is 0.240. The van der Waals surface area contributed by atoms with E-state index in [0.717, 1.165) is 0 Å². The summed E-state index contributed by atoms with van der Waals surface area (Å²) in [7, 11) is 0. The fraction of sp³-hybridized carbons (Fsp3) is 0.455. The van der Waals surface area contributed by atoms with Gasteiger partial charge in [0.25, 0.3) is 5.91 Å². The molecule has 0 saturated carbocycles. The number of nitrogens with zero attached hydrogens (tertiary/aromatic N) is 1. The van der Waals surface area contributed by atoms with Crippen molar-refractivity contribution >= 4 is 29.3 Å². The molecule has 0 aliphatic carbocycles. The van der Waals surface area contributed by atoms with Crippen molar-refractivity contribution in [2.24, 2.45) is 0 Å². The number of carbonyl (C=O) groups is 1. The van der Waals surface area contributed by atoms with Gasteiger partial charge in [0.15, 0.2) is 0 Å². The fourth-order valence-electron chi connectivity index (χ4n) is 1.23. The molecule has 0 aromatic carbocycles. The maximum absolute atomic E-state index is 11.7. The molecule has 17 heavy (non-hydrogen) atoms. The minimum absolute atomic E-state index is 0.191. The van der Waals surface area contributed by atoms with E-state index in [4.69, 9.17) is 11.6 Å². The predicted molar refractivity (Wildman–Crippen MR) is 70.6 cm³/mol. The summed E-state index contributed by atoms with van der Waals surface area (Å²) in [5, 5.41) is 13.0. The molecule has 2 N–H and O–H groups in total. The Hall–Kier alpha value is -0.780. The van der Waals surface area contributed by atoms with Gasteiger partial charge in [0, 0.05) is 18.5 Å². The third-order valence-corrected chi connectivity index (χ3v) is 3.18. The van der Waals surface area contributed by atoms with Crippen LogP contribution in [-0.4, -0.2) is 40.2 Å². The Morgan fingerprint density at radius 2 is 2.35 bits per heavy atom. The van der Waals surface area contributed by atoms with Crippen LogP contribution >= 0.6 is 23.4 Å². The Labute approximate surface area is 110 Å². The largest absolute Gasteiger partial charge is 0.387 e. The molecule has 1 amide bonds. The van der Waals surface area contributed by atoms with E-state index in [2.05, 4.69) is 10.3 Å². The fourth-order valence-corrected chi connectivity index (χ4v) is 2.07. The van der Waals surface area contributed by atoms with E-state index in [1.54, 1.807) is 19.1 Å². The summed E-state index contributed by atoms with van der Waals surface area (Å²) in [6.07, 6.45) is 3.31. The van der Waals surface area contributed by atoms with Crippen LogP contribution in [0, 0.1) is 0 Å². The van der Waals surface area contributed by atoms with Gasteiger partial charge in [-0.2, -0.15) is 11.8 Å². The molecule has 1 unspecified atom stereocenters. The zero-order valence-corrected chi connectivity index (χ0v) is 11.3. The Morgan fingerprint density at radius 3 is 2.88 bits per heavy atom. The number of halogens is 1. The minimum atomic E-state index is -0.915. The van der Waals surface area contributed by atoms with Gasteiger partial charge in [-0.05, 0) is 25.3 Å². The predicted octanol–water partition coefficient (Wildman–Crippen LogP) is 1.58. The molecule has 1 rings (SSSR count). The third kappa shape index (κ3) is 4.93. The molecule has 0 aliphatic heterocycles. The van der Waals surface area contributed by atoms with Gasteiger partial charge in [0.05, 0.1) is 10.6 Å². The van der Waals surface area contributed by atoms with Crippen molar-refractivity contribution in [1.82, 2.24) is 10.3 Å². The average molecular weight is 275 g/mol. The topological polar surface area (TPSA) is 62.2 Å². The number of aliphatic hydroxyl groups is 1. The molecule has 0 aliphatic rings. The molecule has 0 saturated heterocycles. The van der Waals surface area contributed by atoms with Crippen LogP contribution in [-0.2, 0) is 0 Å². The van der Waals surface area contributed by atoms with Gasteiger partial charge < -0.3 is 10.4 Å². The smallest absolute Gasteiger partial charge is 0.269 e. The zero-order valence-electron chi connectivity index (χ0n) is 9.74. The lowest BCUT2D eigenvalue weighted by atomic mass is 10.1. The molecule has 0 radical (unpaired) electrons. The van der Waals surface area contributed by atoms with E-state index in [9.17, 15) is 9.90 Å². The first-order valence-corrected chi connectivity index (χ1v) is 6.83. The number of rotatable bonds is 5. The van der Waals surface area contributed by atoms with Gasteiger partial charge in [-0.15, -0.1) is 0 Å². The summed E-state index contributed by atoms with van der Waals surface area (Å²) in [6, 6.07) is 3.14. The summed E-state index contributed by atoms with van der Waals surface area (Å²) in [6.45, 7) is 1.87. The maximum atomic E-state index is 11.7. The van der Waals surface area contributed by atoms with Crippen LogP contribution in [0.1, 0.15) is 17.4 Å². The van der Waals surface area contributed by atoms with Gasteiger partial charge in [-0.3, -0.25) is 4.79 Å². The first-order valence-electron chi connectivity index (χ1n) is 5.06. The lowest BCUT2D eigenvalue weighted by Gasteiger charge is -2.22. The summed E-state index contributed by atoms with van der Waals surface area (Å²) in [4.78, 5) is 15.6. The number of carbonyl (C=O) groups excluding carboxylic acids is 1. The standard InChI is InChI=1S/C11H15ClN2O2S/c1-11(16,7-17-2)6-14-10(15)9-4-3-8(12)5-13-9/h3-5,16H,6-7H2,1-2H3,(H,14,15). The van der Waals surface area contributed by atoms with Gasteiger partial charge in [0.2, 0.25) is 0 Å². The third-order valence-electron chi connectivity index (χ3n) is 2.05. The molecule has 0 fully saturated rings. The molecule has 0 spiro atoms. The van der Waals surface area contributed by atoms with Crippen molar-refractivity contribution in [3.63, 3.8) is 0 Å². The monoisotopic (exact) mass is 274 g/mol. The lowest BCUT2D eigenvalue weighted by molar-refractivity contribution is 0.0722. The second-order valence-electron chi connectivity index (χ2n) is 3.97. The van der Waals surface area contributed by atoms with Crippen LogP contribution < -0.4 is 5.32 Å². The average Bonchev–Trinajstić information content (AvgIpc) is 2.27. The molecule has 4 nitrogen and oxygen atoms in total. The van der Waals surface area contributed by atoms with Crippen molar-refractivity contribution in [1.29, 1.82) is 0 Å². The van der Waals surface area contributed by atoms with Crippen LogP contribution in [0.15, 0.2) is 18.3 Å². The number of hydrogen-bond acceptors (Lipinski definition) is 4. The van der Waals surface area contributed by atoms with E-state index in [1.807, 2.05) is 6.26 Å². The molecule has 0 bridgehead atoms. The summed E-state index contributed by atoms with van der Waals surface area (Å²) in [5.41, 5.74) is -0.629. The first kappa shape index (κ1) is 14.3. The van der Waals surface area contributed by atoms with Crippen LogP contribution in [0.3, 0.4) is 0 Å². The van der Waals surface area contributed by atoms with Gasteiger partial charge in [-0.25, -0.2) is 4.98 Å². The number of thioether (sulfide) groups is 1. The molecule has 1 aromatic rings. The first-order chi connectivity index (χ1) is 7.94. The SMILES string of the molecule is CSCC(C)(O)CNC(=O)c1ccc(Cl)cn1. The Balaban J connectivity index is 2.53. The summed E-state index contributed by atoms with van der Waals surface area (Å²) < 4.78 is 0. The van der Waals surface area contributed by atoms with Crippen LogP contribution in [0.4, 0.5) is 0 Å². The van der Waals surface area contributed by atoms with Gasteiger partial charge >= 0.3 is 0 Å².